The van der Waals surface area contributed by atoms with Gasteiger partial charge in [0.2, 0.25) is 5.91 Å². The number of aromatic nitrogens is 1. The van der Waals surface area contributed by atoms with Crippen LogP contribution in [0.2, 0.25) is 0 Å². The second-order valence-corrected chi connectivity index (χ2v) is 8.41. The van der Waals surface area contributed by atoms with E-state index in [-0.39, 0.29) is 23.5 Å². The molecule has 4 nitrogen and oxygen atoms in total. The highest BCUT2D eigenvalue weighted by atomic mass is 79.9. The Morgan fingerprint density at radius 3 is 2.74 bits per heavy atom. The molecule has 1 saturated heterocycles. The van der Waals surface area contributed by atoms with Crippen molar-refractivity contribution in [1.29, 1.82) is 0 Å². The van der Waals surface area contributed by atoms with Crippen LogP contribution in [0, 0.1) is 0 Å². The number of hydrogen-bond acceptors (Lipinski definition) is 4. The Kier molecular flexibility index (Phi) is 4.32. The molecule has 106 valence electrons. The van der Waals surface area contributed by atoms with Gasteiger partial charge in [-0.25, -0.2) is 4.98 Å². The Balaban J connectivity index is 1.96. The summed E-state index contributed by atoms with van der Waals surface area (Å²) in [5.74, 6) is 0.234. The minimum Gasteiger partial charge on any atom is -0.336 e. The Hall–Kier alpha value is -0.460. The second kappa shape index (κ2) is 5.50. The van der Waals surface area contributed by atoms with Gasteiger partial charge in [0, 0.05) is 24.5 Å². The molecule has 0 bridgehead atoms. The van der Waals surface area contributed by atoms with E-state index in [4.69, 9.17) is 0 Å². The molecule has 1 aliphatic rings. The zero-order valence-corrected chi connectivity index (χ0v) is 14.1. The van der Waals surface area contributed by atoms with Crippen molar-refractivity contribution in [2.45, 2.75) is 51.7 Å². The van der Waals surface area contributed by atoms with Crippen LogP contribution in [0.4, 0.5) is 0 Å². The first-order valence-electron chi connectivity index (χ1n) is 6.45. The molecule has 1 amide bonds. The fraction of sp³-hybridized carbons (Fsp3) is 0.692. The maximum absolute atomic E-state index is 12.0. The third-order valence-corrected chi connectivity index (χ3v) is 4.95. The molecule has 6 heteroatoms. The van der Waals surface area contributed by atoms with Crippen molar-refractivity contribution in [1.82, 2.24) is 15.2 Å². The summed E-state index contributed by atoms with van der Waals surface area (Å²) < 4.78 is 1.04. The van der Waals surface area contributed by atoms with E-state index in [1.54, 1.807) is 11.3 Å². The third-order valence-electron chi connectivity index (χ3n) is 3.29. The average molecular weight is 346 g/mol. The zero-order chi connectivity index (χ0) is 14.2. The third kappa shape index (κ3) is 3.55. The highest BCUT2D eigenvalue weighted by Gasteiger charge is 2.36. The molecule has 1 aromatic heterocycles. The number of hydrogen-bond donors (Lipinski definition) is 1. The molecule has 1 aromatic rings. The molecule has 0 unspecified atom stereocenters. The van der Waals surface area contributed by atoms with Gasteiger partial charge >= 0.3 is 0 Å². The topological polar surface area (TPSA) is 45.2 Å². The van der Waals surface area contributed by atoms with Gasteiger partial charge in [0.15, 0.2) is 0 Å². The van der Waals surface area contributed by atoms with Gasteiger partial charge < -0.3 is 10.2 Å². The lowest BCUT2D eigenvalue weighted by Gasteiger charge is -2.32. The van der Waals surface area contributed by atoms with E-state index in [1.165, 1.54) is 0 Å². The maximum Gasteiger partial charge on any atom is 0.224 e. The van der Waals surface area contributed by atoms with Crippen molar-refractivity contribution in [3.63, 3.8) is 0 Å². The van der Waals surface area contributed by atoms with Crippen LogP contribution in [0.15, 0.2) is 9.98 Å². The summed E-state index contributed by atoms with van der Waals surface area (Å²) in [6.07, 6.45) is 2.40. The minimum absolute atomic E-state index is 0.0963. The van der Waals surface area contributed by atoms with Gasteiger partial charge in [0.25, 0.3) is 0 Å². The molecule has 2 rings (SSSR count). The van der Waals surface area contributed by atoms with E-state index in [9.17, 15) is 4.79 Å². The highest BCUT2D eigenvalue weighted by molar-refractivity contribution is 9.11. The molecule has 2 heterocycles. The predicted molar refractivity (Wildman–Crippen MR) is 81.2 cm³/mol. The summed E-state index contributed by atoms with van der Waals surface area (Å²) in [7, 11) is 0. The van der Waals surface area contributed by atoms with E-state index < -0.39 is 0 Å². The normalized spacial score (nSPS) is 22.1. The quantitative estimate of drug-likeness (QED) is 0.915. The number of nitrogens with one attached hydrogen (secondary N) is 1. The lowest BCUT2D eigenvalue weighted by molar-refractivity contribution is -0.131. The number of amides is 1. The first kappa shape index (κ1) is 14.9. The van der Waals surface area contributed by atoms with E-state index in [0.29, 0.717) is 6.42 Å². The number of nitrogens with zero attached hydrogens (tertiary/aromatic N) is 2. The Morgan fingerprint density at radius 1 is 1.58 bits per heavy atom. The molecular weight excluding hydrogens is 326 g/mol. The molecule has 0 spiro atoms. The molecule has 1 aliphatic heterocycles. The number of carbonyl (C=O) groups excluding carboxylic acids is 1. The minimum atomic E-state index is -0.0963. The summed E-state index contributed by atoms with van der Waals surface area (Å²) in [5, 5.41) is 4.56. The Labute approximate surface area is 126 Å². The van der Waals surface area contributed by atoms with E-state index in [2.05, 4.69) is 53.9 Å². The van der Waals surface area contributed by atoms with Crippen LogP contribution < -0.4 is 5.32 Å². The number of rotatable bonds is 3. The SMILES string of the molecule is C[C@@H](N[C@@H]1CC(=O)N(C(C)(C)C)C1)c1ncc(Br)s1. The summed E-state index contributed by atoms with van der Waals surface area (Å²) >= 11 is 5.06. The van der Waals surface area contributed by atoms with E-state index >= 15 is 0 Å². The molecule has 2 atom stereocenters. The summed E-state index contributed by atoms with van der Waals surface area (Å²) in [6, 6.07) is 0.387. The first-order valence-corrected chi connectivity index (χ1v) is 8.06. The van der Waals surface area contributed by atoms with Crippen molar-refractivity contribution in [2.75, 3.05) is 6.54 Å². The molecule has 0 aliphatic carbocycles. The van der Waals surface area contributed by atoms with Crippen molar-refractivity contribution in [3.8, 4) is 0 Å². The fourth-order valence-corrected chi connectivity index (χ4v) is 3.61. The first-order chi connectivity index (χ1) is 8.77. The van der Waals surface area contributed by atoms with Crippen LogP contribution in [-0.2, 0) is 4.79 Å². The van der Waals surface area contributed by atoms with E-state index in [0.717, 1.165) is 15.3 Å². The number of thiazole rings is 1. The second-order valence-electron chi connectivity index (χ2n) is 5.97. The average Bonchev–Trinajstić information content (AvgIpc) is 2.84. The van der Waals surface area contributed by atoms with Crippen molar-refractivity contribution in [2.24, 2.45) is 0 Å². The van der Waals surface area contributed by atoms with Crippen molar-refractivity contribution < 1.29 is 4.79 Å². The molecule has 1 N–H and O–H groups in total. The van der Waals surface area contributed by atoms with Gasteiger partial charge in [-0.15, -0.1) is 11.3 Å². The molecule has 0 aromatic carbocycles. The van der Waals surface area contributed by atoms with Gasteiger partial charge in [-0.05, 0) is 43.6 Å². The molecule has 1 fully saturated rings. The molecular formula is C13H20BrN3OS. The van der Waals surface area contributed by atoms with Crippen LogP contribution in [0.25, 0.3) is 0 Å². The summed E-state index contributed by atoms with van der Waals surface area (Å²) in [6.45, 7) is 9.10. The standard InChI is InChI=1S/C13H20BrN3OS/c1-8(12-15-6-10(14)19-12)16-9-5-11(18)17(7-9)13(2,3)4/h6,8-9,16H,5,7H2,1-4H3/t8-,9-/m1/s1. The van der Waals surface area contributed by atoms with Crippen LogP contribution in [0.1, 0.15) is 45.2 Å². The van der Waals surface area contributed by atoms with Gasteiger partial charge in [0.1, 0.15) is 5.01 Å². The van der Waals surface area contributed by atoms with Gasteiger partial charge in [-0.3, -0.25) is 4.79 Å². The van der Waals surface area contributed by atoms with Crippen LogP contribution in [-0.4, -0.2) is 33.9 Å². The largest absolute Gasteiger partial charge is 0.336 e. The monoisotopic (exact) mass is 345 g/mol. The van der Waals surface area contributed by atoms with Crippen LogP contribution in [0.3, 0.4) is 0 Å². The molecule has 19 heavy (non-hydrogen) atoms. The zero-order valence-electron chi connectivity index (χ0n) is 11.7. The van der Waals surface area contributed by atoms with Gasteiger partial charge in [0.05, 0.1) is 16.0 Å². The maximum atomic E-state index is 12.0. The summed E-state index contributed by atoms with van der Waals surface area (Å²) in [5.41, 5.74) is -0.0963. The highest BCUT2D eigenvalue weighted by Crippen LogP contribution is 2.27. The van der Waals surface area contributed by atoms with Gasteiger partial charge in [-0.1, -0.05) is 0 Å². The number of carbonyl (C=O) groups is 1. The number of halogens is 1. The smallest absolute Gasteiger partial charge is 0.224 e. The lowest BCUT2D eigenvalue weighted by atomic mass is 10.1. The fourth-order valence-electron chi connectivity index (χ4n) is 2.36. The van der Waals surface area contributed by atoms with Gasteiger partial charge in [-0.2, -0.15) is 0 Å². The Bertz CT molecular complexity index is 469. The Morgan fingerprint density at radius 2 is 2.26 bits per heavy atom. The predicted octanol–water partition coefficient (Wildman–Crippen LogP) is 2.96. The van der Waals surface area contributed by atoms with Crippen LogP contribution in [0.5, 0.6) is 0 Å². The number of likely N-dealkylation sites (tertiary alicyclic amines) is 1. The summed E-state index contributed by atoms with van der Waals surface area (Å²) in [4.78, 5) is 18.3. The van der Waals surface area contributed by atoms with Crippen molar-refractivity contribution >= 4 is 33.2 Å². The molecule has 0 saturated carbocycles. The molecule has 0 radical (unpaired) electrons. The van der Waals surface area contributed by atoms with Crippen LogP contribution >= 0.6 is 27.3 Å². The van der Waals surface area contributed by atoms with E-state index in [1.807, 2.05) is 11.1 Å². The lowest BCUT2D eigenvalue weighted by Crippen LogP contribution is -2.44. The van der Waals surface area contributed by atoms with Crippen molar-refractivity contribution in [3.05, 3.63) is 15.0 Å².